The number of nitrogens with zero attached hydrogens (tertiary/aromatic N) is 6. The summed E-state index contributed by atoms with van der Waals surface area (Å²) in [6.07, 6.45) is 3.70. The number of hydrogen-bond acceptors (Lipinski definition) is 5. The van der Waals surface area contributed by atoms with Gasteiger partial charge in [0.25, 0.3) is 0 Å². The molecule has 4 aromatic rings. The third-order valence-corrected chi connectivity index (χ3v) is 5.83. The van der Waals surface area contributed by atoms with Gasteiger partial charge in [-0.05, 0) is 45.2 Å². The number of benzene rings is 2. The molecule has 2 aromatic heterocycles. The second kappa shape index (κ2) is 10.5. The molecule has 2 aromatic carbocycles. The molecule has 6 nitrogen and oxygen atoms in total. The average Bonchev–Trinajstić information content (AvgIpc) is 3.24. The van der Waals surface area contributed by atoms with Gasteiger partial charge in [0, 0.05) is 30.5 Å². The fourth-order valence-corrected chi connectivity index (χ4v) is 4.20. The van der Waals surface area contributed by atoms with Crippen LogP contribution in [0.4, 0.5) is 0 Å². The summed E-state index contributed by atoms with van der Waals surface area (Å²) >= 11 is 6.53. The number of hydrogen-bond donors (Lipinski definition) is 0. The third kappa shape index (κ3) is 5.39. The second-order valence-electron chi connectivity index (χ2n) is 8.23. The first-order valence-electron chi connectivity index (χ1n) is 10.8. The molecule has 7 heteroatoms. The molecular weight excluding hydrogens is 420 g/mol. The van der Waals surface area contributed by atoms with Gasteiger partial charge in [0.1, 0.15) is 0 Å². The van der Waals surface area contributed by atoms with Crippen LogP contribution >= 0.6 is 11.6 Å². The zero-order chi connectivity index (χ0) is 22.3. The van der Waals surface area contributed by atoms with Gasteiger partial charge >= 0.3 is 0 Å². The number of pyridine rings is 1. The van der Waals surface area contributed by atoms with Crippen LogP contribution in [0.1, 0.15) is 42.4 Å². The molecular formula is C25H27ClN6. The highest BCUT2D eigenvalue weighted by molar-refractivity contribution is 6.31. The fourth-order valence-electron chi connectivity index (χ4n) is 4.00. The summed E-state index contributed by atoms with van der Waals surface area (Å²) in [5.41, 5.74) is 3.37. The fraction of sp³-hybridized carbons (Fsp3) is 0.280. The highest BCUT2D eigenvalue weighted by Gasteiger charge is 2.30. The monoisotopic (exact) mass is 446 g/mol. The molecule has 0 aliphatic carbocycles. The van der Waals surface area contributed by atoms with Crippen molar-refractivity contribution in [3.63, 3.8) is 0 Å². The first-order valence-corrected chi connectivity index (χ1v) is 11.2. The van der Waals surface area contributed by atoms with E-state index in [-0.39, 0.29) is 12.0 Å². The molecule has 0 N–H and O–H groups in total. The molecule has 0 saturated heterocycles. The molecule has 4 rings (SSSR count). The Kier molecular flexibility index (Phi) is 7.24. The lowest BCUT2D eigenvalue weighted by molar-refractivity contribution is 0.126. The van der Waals surface area contributed by atoms with Gasteiger partial charge in [0.15, 0.2) is 5.82 Å². The lowest BCUT2D eigenvalue weighted by Gasteiger charge is -2.34. The second-order valence-corrected chi connectivity index (χ2v) is 8.63. The van der Waals surface area contributed by atoms with Gasteiger partial charge in [0.2, 0.25) is 0 Å². The molecule has 1 atom stereocenters. The molecule has 0 saturated carbocycles. The molecule has 164 valence electrons. The first-order chi connectivity index (χ1) is 15.6. The highest BCUT2D eigenvalue weighted by Crippen LogP contribution is 2.31. The Morgan fingerprint density at radius 1 is 0.906 bits per heavy atom. The predicted molar refractivity (Wildman–Crippen MR) is 126 cm³/mol. The molecule has 0 radical (unpaired) electrons. The summed E-state index contributed by atoms with van der Waals surface area (Å²) in [5, 5.41) is 13.6. The van der Waals surface area contributed by atoms with Crippen molar-refractivity contribution in [3.8, 4) is 0 Å². The maximum absolute atomic E-state index is 6.53. The standard InChI is InChI=1S/C25H27ClN6/c1-19(2)24(25-28-29-30-32(25)17-20-9-4-3-5-10-20)31(16-21-11-8-14-27-15-21)18-22-12-6-7-13-23(22)26/h3-15,19,24H,16-18H2,1-2H3/t24-/m0/s1. The molecule has 0 amide bonds. The van der Waals surface area contributed by atoms with Gasteiger partial charge in [-0.25, -0.2) is 4.68 Å². The van der Waals surface area contributed by atoms with E-state index in [9.17, 15) is 0 Å². The Labute approximate surface area is 193 Å². The zero-order valence-electron chi connectivity index (χ0n) is 18.3. The van der Waals surface area contributed by atoms with E-state index in [0.717, 1.165) is 27.5 Å². The van der Waals surface area contributed by atoms with Crippen molar-refractivity contribution in [2.45, 2.75) is 39.5 Å². The van der Waals surface area contributed by atoms with Crippen molar-refractivity contribution >= 4 is 11.6 Å². The largest absolute Gasteiger partial charge is 0.284 e. The van der Waals surface area contributed by atoms with Gasteiger partial charge in [-0.15, -0.1) is 5.10 Å². The highest BCUT2D eigenvalue weighted by atomic mass is 35.5. The Hall–Kier alpha value is -3.09. The van der Waals surface area contributed by atoms with Crippen molar-refractivity contribution in [3.05, 3.63) is 107 Å². The van der Waals surface area contributed by atoms with E-state index in [2.05, 4.69) is 63.5 Å². The van der Waals surface area contributed by atoms with Crippen LogP contribution in [0, 0.1) is 5.92 Å². The quantitative estimate of drug-likeness (QED) is 0.355. The third-order valence-electron chi connectivity index (χ3n) is 5.46. The van der Waals surface area contributed by atoms with Gasteiger partial charge < -0.3 is 0 Å². The van der Waals surface area contributed by atoms with E-state index >= 15 is 0 Å². The topological polar surface area (TPSA) is 59.7 Å². The minimum absolute atomic E-state index is 0.00908. The van der Waals surface area contributed by atoms with Gasteiger partial charge in [0.05, 0.1) is 12.6 Å². The SMILES string of the molecule is CC(C)[C@@H](c1nnnn1Cc1ccccc1)N(Cc1cccnc1)Cc1ccccc1Cl. The van der Waals surface area contributed by atoms with Crippen LogP contribution in [0.3, 0.4) is 0 Å². The molecule has 0 aliphatic rings. The van der Waals surface area contributed by atoms with Crippen molar-refractivity contribution in [2.75, 3.05) is 0 Å². The smallest absolute Gasteiger partial charge is 0.169 e. The maximum atomic E-state index is 6.53. The van der Waals surface area contributed by atoms with E-state index in [1.54, 1.807) is 6.20 Å². The summed E-state index contributed by atoms with van der Waals surface area (Å²) in [6.45, 7) is 6.42. The molecule has 0 unspecified atom stereocenters. The average molecular weight is 447 g/mol. The molecule has 0 bridgehead atoms. The molecule has 0 spiro atoms. The summed E-state index contributed by atoms with van der Waals surface area (Å²) in [6, 6.07) is 22.3. The van der Waals surface area contributed by atoms with E-state index < -0.39 is 0 Å². The lowest BCUT2D eigenvalue weighted by atomic mass is 9.99. The van der Waals surface area contributed by atoms with Crippen LogP contribution in [0.15, 0.2) is 79.1 Å². The van der Waals surface area contributed by atoms with Gasteiger partial charge in [-0.2, -0.15) is 0 Å². The van der Waals surface area contributed by atoms with Crippen LogP contribution in [-0.4, -0.2) is 30.1 Å². The minimum atomic E-state index is -0.00908. The van der Waals surface area contributed by atoms with Crippen LogP contribution in [0.25, 0.3) is 0 Å². The van der Waals surface area contributed by atoms with E-state index in [0.29, 0.717) is 19.6 Å². The van der Waals surface area contributed by atoms with Crippen LogP contribution < -0.4 is 0 Å². The summed E-state index contributed by atoms with van der Waals surface area (Å²) < 4.78 is 1.91. The van der Waals surface area contributed by atoms with Crippen molar-refractivity contribution in [1.82, 2.24) is 30.1 Å². The molecule has 2 heterocycles. The van der Waals surface area contributed by atoms with Crippen molar-refractivity contribution < 1.29 is 0 Å². The normalized spacial score (nSPS) is 12.4. The number of aromatic nitrogens is 5. The van der Waals surface area contributed by atoms with E-state index in [4.69, 9.17) is 11.6 Å². The van der Waals surface area contributed by atoms with Crippen molar-refractivity contribution in [1.29, 1.82) is 0 Å². The molecule has 0 aliphatic heterocycles. The first kappa shape index (κ1) is 22.1. The zero-order valence-corrected chi connectivity index (χ0v) is 19.1. The van der Waals surface area contributed by atoms with E-state index in [1.165, 1.54) is 0 Å². The van der Waals surface area contributed by atoms with Crippen LogP contribution in [0.2, 0.25) is 5.02 Å². The summed E-state index contributed by atoms with van der Waals surface area (Å²) in [5.74, 6) is 1.12. The minimum Gasteiger partial charge on any atom is -0.284 e. The van der Waals surface area contributed by atoms with Gasteiger partial charge in [-0.1, -0.05) is 80.0 Å². The number of halogens is 1. The van der Waals surface area contributed by atoms with Gasteiger partial charge in [-0.3, -0.25) is 9.88 Å². The predicted octanol–water partition coefficient (Wildman–Crippen LogP) is 5.17. The number of tetrazole rings is 1. The van der Waals surface area contributed by atoms with Crippen LogP contribution in [-0.2, 0) is 19.6 Å². The van der Waals surface area contributed by atoms with Crippen LogP contribution in [0.5, 0.6) is 0 Å². The maximum Gasteiger partial charge on any atom is 0.169 e. The Bertz CT molecular complexity index is 1110. The lowest BCUT2D eigenvalue weighted by Crippen LogP contribution is -2.34. The van der Waals surface area contributed by atoms with Crippen molar-refractivity contribution in [2.24, 2.45) is 5.92 Å². The Morgan fingerprint density at radius 2 is 1.66 bits per heavy atom. The summed E-state index contributed by atoms with van der Waals surface area (Å²) in [4.78, 5) is 6.69. The Balaban J connectivity index is 1.70. The number of rotatable bonds is 9. The van der Waals surface area contributed by atoms with E-state index in [1.807, 2.05) is 53.3 Å². The molecule has 0 fully saturated rings. The Morgan fingerprint density at radius 3 is 2.38 bits per heavy atom. The summed E-state index contributed by atoms with van der Waals surface area (Å²) in [7, 11) is 0. The molecule has 32 heavy (non-hydrogen) atoms.